The molecule has 0 atom stereocenters. The third-order valence-corrected chi connectivity index (χ3v) is 3.73. The smallest absolute Gasteiger partial charge is 0.262 e. The Balaban J connectivity index is 2.07. The molecule has 0 saturated heterocycles. The fraction of sp³-hybridized carbons (Fsp3) is 0. The van der Waals surface area contributed by atoms with Gasteiger partial charge in [-0.15, -0.1) is 0 Å². The molecule has 0 spiro atoms. The first-order valence-electron chi connectivity index (χ1n) is 5.72. The van der Waals surface area contributed by atoms with E-state index in [4.69, 9.17) is 16.1 Å². The highest BCUT2D eigenvalue weighted by Gasteiger charge is 2.15. The Morgan fingerprint density at radius 2 is 1.90 bits per heavy atom. The van der Waals surface area contributed by atoms with Crippen LogP contribution in [0.25, 0.3) is 22.8 Å². The van der Waals surface area contributed by atoms with Gasteiger partial charge in [-0.1, -0.05) is 28.9 Å². The molecule has 0 bridgehead atoms. The Labute approximate surface area is 133 Å². The van der Waals surface area contributed by atoms with Crippen molar-refractivity contribution < 1.29 is 9.63 Å². The van der Waals surface area contributed by atoms with E-state index >= 15 is 0 Å². The van der Waals surface area contributed by atoms with Gasteiger partial charge in [-0.2, -0.15) is 4.98 Å². The SMILES string of the molecule is Oc1ccc(I)cc1-c1nc(-c2ccccc2Cl)no1. The van der Waals surface area contributed by atoms with E-state index in [0.29, 0.717) is 22.0 Å². The van der Waals surface area contributed by atoms with Crippen LogP contribution in [0.2, 0.25) is 5.02 Å². The van der Waals surface area contributed by atoms with Crippen molar-refractivity contribution in [3.05, 3.63) is 51.1 Å². The van der Waals surface area contributed by atoms with Crippen LogP contribution in [-0.4, -0.2) is 15.2 Å². The third-order valence-electron chi connectivity index (χ3n) is 2.73. The van der Waals surface area contributed by atoms with Crippen LogP contribution in [-0.2, 0) is 0 Å². The average molecular weight is 399 g/mol. The number of nitrogens with zero attached hydrogens (tertiary/aromatic N) is 2. The molecule has 20 heavy (non-hydrogen) atoms. The minimum atomic E-state index is 0.0970. The predicted octanol–water partition coefficient (Wildman–Crippen LogP) is 4.37. The summed E-state index contributed by atoms with van der Waals surface area (Å²) in [5.41, 5.74) is 1.19. The van der Waals surface area contributed by atoms with Gasteiger partial charge in [0.15, 0.2) is 0 Å². The number of aromatic nitrogens is 2. The summed E-state index contributed by atoms with van der Waals surface area (Å²) >= 11 is 8.25. The second-order valence-corrected chi connectivity index (χ2v) is 5.72. The highest BCUT2D eigenvalue weighted by Crippen LogP contribution is 2.32. The van der Waals surface area contributed by atoms with Crippen LogP contribution in [0.5, 0.6) is 5.75 Å². The molecule has 0 radical (unpaired) electrons. The van der Waals surface area contributed by atoms with Crippen LogP contribution >= 0.6 is 34.2 Å². The highest BCUT2D eigenvalue weighted by atomic mass is 127. The van der Waals surface area contributed by atoms with Crippen molar-refractivity contribution in [2.24, 2.45) is 0 Å². The summed E-state index contributed by atoms with van der Waals surface area (Å²) in [7, 11) is 0. The summed E-state index contributed by atoms with van der Waals surface area (Å²) < 4.78 is 6.18. The maximum atomic E-state index is 9.87. The van der Waals surface area contributed by atoms with Crippen molar-refractivity contribution in [1.82, 2.24) is 10.1 Å². The Morgan fingerprint density at radius 1 is 1.10 bits per heavy atom. The van der Waals surface area contributed by atoms with Crippen LogP contribution in [0.15, 0.2) is 47.0 Å². The first-order valence-corrected chi connectivity index (χ1v) is 7.18. The molecule has 0 amide bonds. The summed E-state index contributed by atoms with van der Waals surface area (Å²) in [5, 5.41) is 14.3. The summed E-state index contributed by atoms with van der Waals surface area (Å²) in [6.45, 7) is 0. The van der Waals surface area contributed by atoms with E-state index in [1.165, 1.54) is 0 Å². The molecule has 3 aromatic rings. The van der Waals surface area contributed by atoms with E-state index < -0.39 is 0 Å². The molecule has 2 aromatic carbocycles. The summed E-state index contributed by atoms with van der Waals surface area (Å²) in [5.74, 6) is 0.750. The maximum Gasteiger partial charge on any atom is 0.262 e. The lowest BCUT2D eigenvalue weighted by Crippen LogP contribution is -1.83. The van der Waals surface area contributed by atoms with Gasteiger partial charge >= 0.3 is 0 Å². The van der Waals surface area contributed by atoms with Gasteiger partial charge < -0.3 is 9.63 Å². The van der Waals surface area contributed by atoms with Gasteiger partial charge in [-0.05, 0) is 52.9 Å². The van der Waals surface area contributed by atoms with E-state index in [9.17, 15) is 5.11 Å². The Hall–Kier alpha value is -1.60. The van der Waals surface area contributed by atoms with Crippen LogP contribution in [0.1, 0.15) is 0 Å². The van der Waals surface area contributed by atoms with Crippen LogP contribution in [0, 0.1) is 3.57 Å². The van der Waals surface area contributed by atoms with Crippen molar-refractivity contribution in [1.29, 1.82) is 0 Å². The van der Waals surface area contributed by atoms with Gasteiger partial charge in [0.05, 0.1) is 10.6 Å². The van der Waals surface area contributed by atoms with Gasteiger partial charge in [0.2, 0.25) is 5.82 Å². The first-order chi connectivity index (χ1) is 9.65. The van der Waals surface area contributed by atoms with Gasteiger partial charge in [0, 0.05) is 9.13 Å². The van der Waals surface area contributed by atoms with Crippen molar-refractivity contribution in [3.63, 3.8) is 0 Å². The zero-order chi connectivity index (χ0) is 14.1. The number of halogens is 2. The minimum absolute atomic E-state index is 0.0970. The number of rotatable bonds is 2. The normalized spacial score (nSPS) is 10.7. The number of benzene rings is 2. The second kappa shape index (κ2) is 5.41. The topological polar surface area (TPSA) is 59.2 Å². The molecule has 1 heterocycles. The molecular formula is C14H8ClIN2O2. The maximum absolute atomic E-state index is 9.87. The first kappa shape index (κ1) is 13.4. The zero-order valence-corrected chi connectivity index (χ0v) is 13.0. The standard InChI is InChI=1S/C14H8ClIN2O2/c15-11-4-2-1-3-9(11)13-17-14(20-18-13)10-7-8(16)5-6-12(10)19/h1-7,19H. The van der Waals surface area contributed by atoms with E-state index in [1.54, 1.807) is 24.3 Å². The third kappa shape index (κ3) is 2.51. The monoisotopic (exact) mass is 398 g/mol. The fourth-order valence-corrected chi connectivity index (χ4v) is 2.48. The Bertz CT molecular complexity index is 773. The molecular weight excluding hydrogens is 391 g/mol. The van der Waals surface area contributed by atoms with Crippen LogP contribution in [0.4, 0.5) is 0 Å². The Kier molecular flexibility index (Phi) is 3.62. The molecule has 6 heteroatoms. The number of aromatic hydroxyl groups is 1. The largest absolute Gasteiger partial charge is 0.507 e. The van der Waals surface area contributed by atoms with Crippen molar-refractivity contribution in [2.45, 2.75) is 0 Å². The number of hydrogen-bond donors (Lipinski definition) is 1. The van der Waals surface area contributed by atoms with Crippen LogP contribution in [0.3, 0.4) is 0 Å². The molecule has 0 aliphatic rings. The van der Waals surface area contributed by atoms with Gasteiger partial charge in [0.1, 0.15) is 5.75 Å². The van der Waals surface area contributed by atoms with E-state index in [-0.39, 0.29) is 11.6 Å². The van der Waals surface area contributed by atoms with Crippen molar-refractivity contribution >= 4 is 34.2 Å². The van der Waals surface area contributed by atoms with Crippen LogP contribution < -0.4 is 0 Å². The second-order valence-electron chi connectivity index (χ2n) is 4.06. The molecule has 0 fully saturated rings. The molecule has 1 aromatic heterocycles. The summed E-state index contributed by atoms with van der Waals surface area (Å²) in [6, 6.07) is 12.4. The molecule has 0 unspecified atom stereocenters. The lowest BCUT2D eigenvalue weighted by Gasteiger charge is -1.99. The van der Waals surface area contributed by atoms with Crippen molar-refractivity contribution in [3.8, 4) is 28.6 Å². The molecule has 100 valence electrons. The lowest BCUT2D eigenvalue weighted by atomic mass is 10.2. The molecule has 0 aliphatic heterocycles. The summed E-state index contributed by atoms with van der Waals surface area (Å²) in [6.07, 6.45) is 0. The molecule has 0 saturated carbocycles. The lowest BCUT2D eigenvalue weighted by molar-refractivity contribution is 0.425. The quantitative estimate of drug-likeness (QED) is 0.651. The van der Waals surface area contributed by atoms with Gasteiger partial charge in [0.25, 0.3) is 5.89 Å². The minimum Gasteiger partial charge on any atom is -0.507 e. The molecule has 4 nitrogen and oxygen atoms in total. The van der Waals surface area contributed by atoms with Gasteiger partial charge in [-0.3, -0.25) is 0 Å². The number of phenols is 1. The molecule has 3 rings (SSSR count). The predicted molar refractivity (Wildman–Crippen MR) is 84.6 cm³/mol. The fourth-order valence-electron chi connectivity index (χ4n) is 1.76. The zero-order valence-electron chi connectivity index (χ0n) is 10.0. The molecule has 1 N–H and O–H groups in total. The van der Waals surface area contributed by atoms with E-state index in [2.05, 4.69) is 32.7 Å². The van der Waals surface area contributed by atoms with E-state index in [0.717, 1.165) is 3.57 Å². The van der Waals surface area contributed by atoms with Gasteiger partial charge in [-0.25, -0.2) is 0 Å². The average Bonchev–Trinajstić information content (AvgIpc) is 2.91. The van der Waals surface area contributed by atoms with Crippen molar-refractivity contribution in [2.75, 3.05) is 0 Å². The summed E-state index contributed by atoms with van der Waals surface area (Å²) in [4.78, 5) is 4.29. The highest BCUT2D eigenvalue weighted by molar-refractivity contribution is 14.1. The number of hydrogen-bond acceptors (Lipinski definition) is 4. The number of phenolic OH excluding ortho intramolecular Hbond substituents is 1. The Morgan fingerprint density at radius 3 is 2.70 bits per heavy atom. The molecule has 0 aliphatic carbocycles. The van der Waals surface area contributed by atoms with E-state index in [1.807, 2.05) is 18.2 Å².